The first kappa shape index (κ1) is 18.7. The van der Waals surface area contributed by atoms with E-state index in [1.54, 1.807) is 0 Å². The number of thioether (sulfide) groups is 1. The van der Waals surface area contributed by atoms with Crippen molar-refractivity contribution in [1.29, 1.82) is 0 Å². The third-order valence-electron chi connectivity index (χ3n) is 1.83. The molecule has 0 aliphatic carbocycles. The smallest absolute Gasteiger partial charge is 0.240 e. The van der Waals surface area contributed by atoms with Crippen LogP contribution in [0.5, 0.6) is 0 Å². The Hall–Kier alpha value is -0.280. The molecule has 0 aromatic heterocycles. The molecule has 8 heteroatoms. The van der Waals surface area contributed by atoms with Crippen molar-refractivity contribution < 1.29 is 18.6 Å². The Morgan fingerprint density at radius 1 is 1.26 bits per heavy atom. The summed E-state index contributed by atoms with van der Waals surface area (Å²) in [6.45, 7) is 6.74. The van der Waals surface area contributed by atoms with Gasteiger partial charge in [-0.2, -0.15) is 5.48 Å². The monoisotopic (exact) mass is 310 g/mol. The first-order chi connectivity index (χ1) is 9.11. The number of carbonyl (C=O) groups excluding carboxylic acids is 2. The molecule has 0 rings (SSSR count). The fraction of sp³-hybridized carbons (Fsp3) is 0.818. The summed E-state index contributed by atoms with van der Waals surface area (Å²) in [6, 6.07) is -0.473. The van der Waals surface area contributed by atoms with Gasteiger partial charge >= 0.3 is 0 Å². The number of hydrogen-bond donors (Lipinski definition) is 2. The van der Waals surface area contributed by atoms with Gasteiger partial charge in [0.25, 0.3) is 0 Å². The van der Waals surface area contributed by atoms with Gasteiger partial charge in [-0.3, -0.25) is 9.59 Å². The first-order valence-electron chi connectivity index (χ1n) is 6.14. The average Bonchev–Trinajstić information content (AvgIpc) is 2.38. The van der Waals surface area contributed by atoms with E-state index in [0.29, 0.717) is 31.3 Å². The van der Waals surface area contributed by atoms with E-state index < -0.39 is 6.04 Å². The second kappa shape index (κ2) is 12.7. The molecule has 0 saturated heterocycles. The van der Waals surface area contributed by atoms with E-state index in [1.807, 2.05) is 13.8 Å². The van der Waals surface area contributed by atoms with Crippen molar-refractivity contribution in [1.82, 2.24) is 10.8 Å². The number of nitrogens with one attached hydrogen (secondary N) is 2. The molecule has 0 aliphatic heterocycles. The van der Waals surface area contributed by atoms with Crippen molar-refractivity contribution in [3.63, 3.8) is 0 Å². The van der Waals surface area contributed by atoms with Crippen molar-refractivity contribution in [2.45, 2.75) is 26.8 Å². The molecule has 112 valence electrons. The van der Waals surface area contributed by atoms with Gasteiger partial charge < -0.3 is 14.3 Å². The molecule has 0 aliphatic rings. The SMILES string of the molecule is CCONC(CSOCC)C(=O)NCCSC(C)=O. The standard InChI is InChI=1S/C11H22N2O4S2/c1-4-16-13-10(8-19-17-5-2)11(15)12-6-7-18-9(3)14/h10,13H,4-8H2,1-3H3,(H,12,15). The highest BCUT2D eigenvalue weighted by Gasteiger charge is 2.18. The van der Waals surface area contributed by atoms with Gasteiger partial charge in [0.15, 0.2) is 5.12 Å². The summed E-state index contributed by atoms with van der Waals surface area (Å²) in [5, 5.41) is 2.80. The lowest BCUT2D eigenvalue weighted by Gasteiger charge is -2.16. The van der Waals surface area contributed by atoms with Gasteiger partial charge in [0.2, 0.25) is 5.91 Å². The van der Waals surface area contributed by atoms with E-state index >= 15 is 0 Å². The largest absolute Gasteiger partial charge is 0.354 e. The van der Waals surface area contributed by atoms with Crippen molar-refractivity contribution in [3.05, 3.63) is 0 Å². The molecule has 2 N–H and O–H groups in total. The molecule has 1 unspecified atom stereocenters. The minimum atomic E-state index is -0.473. The second-order valence-electron chi connectivity index (χ2n) is 3.43. The molecule has 6 nitrogen and oxygen atoms in total. The predicted molar refractivity (Wildman–Crippen MR) is 78.8 cm³/mol. The van der Waals surface area contributed by atoms with Crippen molar-refractivity contribution >= 4 is 34.8 Å². The summed E-state index contributed by atoms with van der Waals surface area (Å²) in [7, 11) is 0. The van der Waals surface area contributed by atoms with Crippen molar-refractivity contribution in [2.75, 3.05) is 31.3 Å². The van der Waals surface area contributed by atoms with E-state index in [2.05, 4.69) is 10.8 Å². The molecule has 1 atom stereocenters. The third-order valence-corrected chi connectivity index (χ3v) is 3.52. The van der Waals surface area contributed by atoms with E-state index in [1.165, 1.54) is 30.7 Å². The predicted octanol–water partition coefficient (Wildman–Crippen LogP) is 0.977. The minimum Gasteiger partial charge on any atom is -0.354 e. The van der Waals surface area contributed by atoms with Crippen LogP contribution < -0.4 is 10.8 Å². The average molecular weight is 310 g/mol. The lowest BCUT2D eigenvalue weighted by Crippen LogP contribution is -2.46. The Morgan fingerprint density at radius 2 is 2.00 bits per heavy atom. The fourth-order valence-corrected chi connectivity index (χ4v) is 2.15. The lowest BCUT2D eigenvalue weighted by atomic mass is 10.3. The van der Waals surface area contributed by atoms with Crippen LogP contribution in [0.4, 0.5) is 0 Å². The molecule has 0 bridgehead atoms. The van der Waals surface area contributed by atoms with Crippen LogP contribution in [-0.4, -0.2) is 48.3 Å². The first-order valence-corrected chi connectivity index (χ1v) is 8.04. The van der Waals surface area contributed by atoms with Crippen molar-refractivity contribution in [2.24, 2.45) is 0 Å². The highest BCUT2D eigenvalue weighted by Crippen LogP contribution is 2.05. The molecule has 0 aromatic rings. The highest BCUT2D eigenvalue weighted by atomic mass is 32.2. The lowest BCUT2D eigenvalue weighted by molar-refractivity contribution is -0.126. The Labute approximate surface area is 122 Å². The van der Waals surface area contributed by atoms with Gasteiger partial charge in [-0.15, -0.1) is 0 Å². The second-order valence-corrected chi connectivity index (χ2v) is 5.50. The van der Waals surface area contributed by atoms with Crippen molar-refractivity contribution in [3.8, 4) is 0 Å². The zero-order chi connectivity index (χ0) is 14.5. The Morgan fingerprint density at radius 3 is 2.58 bits per heavy atom. The quantitative estimate of drug-likeness (QED) is 0.334. The maximum Gasteiger partial charge on any atom is 0.240 e. The molecule has 0 fully saturated rings. The summed E-state index contributed by atoms with van der Waals surface area (Å²) in [5.41, 5.74) is 2.69. The molecule has 0 aromatic carbocycles. The number of carbonyl (C=O) groups is 2. The van der Waals surface area contributed by atoms with Crippen LogP contribution in [0.1, 0.15) is 20.8 Å². The fourth-order valence-electron chi connectivity index (χ4n) is 1.04. The van der Waals surface area contributed by atoms with Crippen LogP contribution >= 0.6 is 23.8 Å². The van der Waals surface area contributed by atoms with Crippen LogP contribution in [0.3, 0.4) is 0 Å². The molecule has 0 saturated carbocycles. The van der Waals surface area contributed by atoms with Crippen LogP contribution in [0.25, 0.3) is 0 Å². The van der Waals surface area contributed by atoms with E-state index in [9.17, 15) is 9.59 Å². The van der Waals surface area contributed by atoms with E-state index in [-0.39, 0.29) is 11.0 Å². The van der Waals surface area contributed by atoms with Gasteiger partial charge in [0, 0.05) is 25.0 Å². The van der Waals surface area contributed by atoms with Gasteiger partial charge in [-0.25, -0.2) is 0 Å². The van der Waals surface area contributed by atoms with Gasteiger partial charge in [0.1, 0.15) is 6.04 Å². The topological polar surface area (TPSA) is 76.7 Å². The molecule has 19 heavy (non-hydrogen) atoms. The highest BCUT2D eigenvalue weighted by molar-refractivity contribution is 8.13. The number of rotatable bonds is 11. The Bertz CT molecular complexity index is 267. The maximum absolute atomic E-state index is 11.9. The molecule has 0 heterocycles. The third kappa shape index (κ3) is 11.3. The van der Waals surface area contributed by atoms with Crippen LogP contribution in [0.15, 0.2) is 0 Å². The van der Waals surface area contributed by atoms with Crippen LogP contribution in [-0.2, 0) is 18.6 Å². The molecule has 0 spiro atoms. The van der Waals surface area contributed by atoms with E-state index in [4.69, 9.17) is 9.02 Å². The number of hydroxylamine groups is 1. The molecular formula is C11H22N2O4S2. The van der Waals surface area contributed by atoms with Gasteiger partial charge in [-0.05, 0) is 25.9 Å². The van der Waals surface area contributed by atoms with E-state index in [0.717, 1.165) is 0 Å². The zero-order valence-electron chi connectivity index (χ0n) is 11.6. The zero-order valence-corrected chi connectivity index (χ0v) is 13.2. The normalized spacial score (nSPS) is 12.2. The van der Waals surface area contributed by atoms with Crippen LogP contribution in [0.2, 0.25) is 0 Å². The molecule has 1 amide bonds. The summed E-state index contributed by atoms with van der Waals surface area (Å²) >= 11 is 2.41. The number of amides is 1. The van der Waals surface area contributed by atoms with Gasteiger partial charge in [-0.1, -0.05) is 11.8 Å². The maximum atomic E-state index is 11.9. The molecular weight excluding hydrogens is 288 g/mol. The van der Waals surface area contributed by atoms with Gasteiger partial charge in [0.05, 0.1) is 13.2 Å². The summed E-state index contributed by atoms with van der Waals surface area (Å²) in [4.78, 5) is 27.7. The Balaban J connectivity index is 3.95. The molecule has 0 radical (unpaired) electrons. The number of hydrogen-bond acceptors (Lipinski definition) is 7. The Kier molecular flexibility index (Phi) is 12.6. The summed E-state index contributed by atoms with van der Waals surface area (Å²) in [6.07, 6.45) is 0. The van der Waals surface area contributed by atoms with Crippen LogP contribution in [0, 0.1) is 0 Å². The summed E-state index contributed by atoms with van der Waals surface area (Å²) in [5.74, 6) is 0.866. The summed E-state index contributed by atoms with van der Waals surface area (Å²) < 4.78 is 5.14. The minimum absolute atomic E-state index is 0.0464.